The number of quaternary nitrogens is 1. The number of aliphatic hydroxyl groups is 1. The van der Waals surface area contributed by atoms with Crippen molar-refractivity contribution in [2.45, 2.75) is 12.8 Å². The zero-order valence-corrected chi connectivity index (χ0v) is 11.5. The maximum Gasteiger partial charge on any atom is 0.119 e. The van der Waals surface area contributed by atoms with Crippen molar-refractivity contribution < 1.29 is 15.2 Å². The van der Waals surface area contributed by atoms with Crippen LogP contribution < -0.4 is 10.1 Å². The second kappa shape index (κ2) is 8.78. The molecule has 0 atom stereocenters. The Balaban J connectivity index is 2.01. The first-order valence-electron chi connectivity index (χ1n) is 5.64. The molecule has 0 fully saturated rings. The Bertz CT molecular complexity index is 277. The lowest BCUT2D eigenvalue weighted by atomic mass is 10.3. The Labute approximate surface area is 110 Å². The van der Waals surface area contributed by atoms with Gasteiger partial charge in [-0.15, -0.1) is 0 Å². The molecule has 0 saturated carbocycles. The van der Waals surface area contributed by atoms with Gasteiger partial charge < -0.3 is 15.2 Å². The molecule has 0 amide bonds. The van der Waals surface area contributed by atoms with Crippen molar-refractivity contribution in [1.82, 2.24) is 0 Å². The third kappa shape index (κ3) is 6.30. The van der Waals surface area contributed by atoms with Crippen molar-refractivity contribution >= 4 is 22.6 Å². The average molecular weight is 336 g/mol. The first-order valence-corrected chi connectivity index (χ1v) is 6.71. The fourth-order valence-corrected chi connectivity index (χ4v) is 1.71. The number of nitrogens with two attached hydrogens (primary N) is 1. The van der Waals surface area contributed by atoms with E-state index in [4.69, 9.17) is 9.84 Å². The Kier molecular flexibility index (Phi) is 7.54. The number of hydrogen-bond donors (Lipinski definition) is 2. The van der Waals surface area contributed by atoms with E-state index in [1.54, 1.807) is 0 Å². The number of hydrogen-bond acceptors (Lipinski definition) is 2. The Morgan fingerprint density at radius 2 is 1.88 bits per heavy atom. The molecular formula is C12H19INO2+. The average Bonchev–Trinajstić information content (AvgIpc) is 2.30. The van der Waals surface area contributed by atoms with Crippen molar-refractivity contribution in [3.63, 3.8) is 0 Å². The van der Waals surface area contributed by atoms with Crippen molar-refractivity contribution in [1.29, 1.82) is 0 Å². The summed E-state index contributed by atoms with van der Waals surface area (Å²) >= 11 is 2.28. The standard InChI is InChI=1S/C12H18INO2/c13-11-3-5-12(6-4-11)16-10-2-1-7-14-8-9-15/h3-6,14-15H,1-2,7-10H2/p+1. The van der Waals surface area contributed by atoms with Crippen molar-refractivity contribution in [2.75, 3.05) is 26.3 Å². The van der Waals surface area contributed by atoms with E-state index in [0.717, 1.165) is 38.3 Å². The van der Waals surface area contributed by atoms with Crippen LogP contribution in [0, 0.1) is 3.57 Å². The van der Waals surface area contributed by atoms with Crippen LogP contribution in [0.2, 0.25) is 0 Å². The van der Waals surface area contributed by atoms with Crippen molar-refractivity contribution in [3.05, 3.63) is 27.8 Å². The second-order valence-electron chi connectivity index (χ2n) is 3.60. The van der Waals surface area contributed by atoms with Crippen LogP contribution in [-0.4, -0.2) is 31.4 Å². The SMILES string of the molecule is OCC[NH2+]CCCCOc1ccc(I)cc1. The van der Waals surface area contributed by atoms with E-state index in [2.05, 4.69) is 27.9 Å². The zero-order chi connectivity index (χ0) is 11.6. The predicted octanol–water partition coefficient (Wildman–Crippen LogP) is 1.01. The van der Waals surface area contributed by atoms with Crippen LogP contribution in [0.25, 0.3) is 0 Å². The topological polar surface area (TPSA) is 46.1 Å². The van der Waals surface area contributed by atoms with Crippen LogP contribution >= 0.6 is 22.6 Å². The van der Waals surface area contributed by atoms with E-state index in [-0.39, 0.29) is 6.61 Å². The third-order valence-electron chi connectivity index (χ3n) is 2.22. The summed E-state index contributed by atoms with van der Waals surface area (Å²) in [6.07, 6.45) is 2.19. The van der Waals surface area contributed by atoms with Gasteiger partial charge in [-0.2, -0.15) is 0 Å². The van der Waals surface area contributed by atoms with Gasteiger partial charge in [-0.3, -0.25) is 0 Å². The molecule has 16 heavy (non-hydrogen) atoms. The molecule has 0 spiro atoms. The summed E-state index contributed by atoms with van der Waals surface area (Å²) in [6.45, 7) is 2.90. The summed E-state index contributed by atoms with van der Waals surface area (Å²) in [5, 5.41) is 10.7. The lowest BCUT2D eigenvalue weighted by Gasteiger charge is -2.05. The normalized spacial score (nSPS) is 10.4. The Hall–Kier alpha value is -0.330. The lowest BCUT2D eigenvalue weighted by molar-refractivity contribution is -0.656. The summed E-state index contributed by atoms with van der Waals surface area (Å²) in [7, 11) is 0. The fraction of sp³-hybridized carbons (Fsp3) is 0.500. The molecular weight excluding hydrogens is 317 g/mol. The quantitative estimate of drug-likeness (QED) is 0.550. The molecule has 1 aromatic rings. The van der Waals surface area contributed by atoms with Gasteiger partial charge in [0.05, 0.1) is 26.3 Å². The van der Waals surface area contributed by atoms with E-state index in [9.17, 15) is 0 Å². The van der Waals surface area contributed by atoms with Crippen LogP contribution in [0.3, 0.4) is 0 Å². The second-order valence-corrected chi connectivity index (χ2v) is 4.84. The Morgan fingerprint density at radius 3 is 2.56 bits per heavy atom. The van der Waals surface area contributed by atoms with Crippen LogP contribution in [0.1, 0.15) is 12.8 Å². The van der Waals surface area contributed by atoms with Gasteiger partial charge >= 0.3 is 0 Å². The van der Waals surface area contributed by atoms with E-state index in [0.29, 0.717) is 0 Å². The molecule has 0 bridgehead atoms. The molecule has 90 valence electrons. The van der Waals surface area contributed by atoms with Crippen LogP contribution in [0.4, 0.5) is 0 Å². The first kappa shape index (κ1) is 13.7. The molecule has 0 aliphatic carbocycles. The zero-order valence-electron chi connectivity index (χ0n) is 9.36. The molecule has 1 aromatic carbocycles. The van der Waals surface area contributed by atoms with E-state index in [1.807, 2.05) is 24.3 Å². The minimum Gasteiger partial charge on any atom is -0.494 e. The minimum atomic E-state index is 0.263. The number of rotatable bonds is 8. The molecule has 0 aliphatic heterocycles. The fourth-order valence-electron chi connectivity index (χ4n) is 1.35. The number of benzene rings is 1. The largest absolute Gasteiger partial charge is 0.494 e. The summed E-state index contributed by atoms with van der Waals surface area (Å²) in [6, 6.07) is 8.09. The van der Waals surface area contributed by atoms with Crippen molar-refractivity contribution in [2.24, 2.45) is 0 Å². The van der Waals surface area contributed by atoms with Gasteiger partial charge in [0.25, 0.3) is 0 Å². The highest BCUT2D eigenvalue weighted by molar-refractivity contribution is 14.1. The summed E-state index contributed by atoms with van der Waals surface area (Å²) in [5.74, 6) is 0.944. The highest BCUT2D eigenvalue weighted by Gasteiger charge is 1.95. The summed E-state index contributed by atoms with van der Waals surface area (Å²) in [4.78, 5) is 0. The van der Waals surface area contributed by atoms with Gasteiger partial charge in [-0.05, 0) is 59.7 Å². The predicted molar refractivity (Wildman–Crippen MR) is 72.6 cm³/mol. The van der Waals surface area contributed by atoms with E-state index < -0.39 is 0 Å². The molecule has 0 heterocycles. The molecule has 0 aliphatic rings. The van der Waals surface area contributed by atoms with E-state index >= 15 is 0 Å². The molecule has 0 unspecified atom stereocenters. The monoisotopic (exact) mass is 336 g/mol. The number of unbranched alkanes of at least 4 members (excludes halogenated alkanes) is 1. The molecule has 0 saturated heterocycles. The van der Waals surface area contributed by atoms with E-state index in [1.165, 1.54) is 3.57 Å². The molecule has 0 aromatic heterocycles. The van der Waals surface area contributed by atoms with Crippen LogP contribution in [0.5, 0.6) is 5.75 Å². The molecule has 3 nitrogen and oxygen atoms in total. The lowest BCUT2D eigenvalue weighted by Crippen LogP contribution is -2.85. The van der Waals surface area contributed by atoms with Gasteiger partial charge in [-0.25, -0.2) is 0 Å². The van der Waals surface area contributed by atoms with Gasteiger partial charge in [0, 0.05) is 3.57 Å². The number of aliphatic hydroxyl groups excluding tert-OH is 1. The molecule has 1 rings (SSSR count). The maximum absolute atomic E-state index is 8.58. The third-order valence-corrected chi connectivity index (χ3v) is 2.94. The molecule has 0 radical (unpaired) electrons. The van der Waals surface area contributed by atoms with Crippen LogP contribution in [-0.2, 0) is 0 Å². The highest BCUT2D eigenvalue weighted by Crippen LogP contribution is 2.13. The minimum absolute atomic E-state index is 0.263. The smallest absolute Gasteiger partial charge is 0.119 e. The van der Waals surface area contributed by atoms with Gasteiger partial charge in [-0.1, -0.05) is 0 Å². The summed E-state index contributed by atoms with van der Waals surface area (Å²) < 4.78 is 6.83. The van der Waals surface area contributed by atoms with Gasteiger partial charge in [0.15, 0.2) is 0 Å². The number of halogens is 1. The molecule has 4 heteroatoms. The molecule has 3 N–H and O–H groups in total. The number of ether oxygens (including phenoxy) is 1. The Morgan fingerprint density at radius 1 is 1.12 bits per heavy atom. The maximum atomic E-state index is 8.58. The van der Waals surface area contributed by atoms with Crippen molar-refractivity contribution in [3.8, 4) is 5.75 Å². The van der Waals surface area contributed by atoms with Gasteiger partial charge in [0.1, 0.15) is 5.75 Å². The van der Waals surface area contributed by atoms with Crippen LogP contribution in [0.15, 0.2) is 24.3 Å². The first-order chi connectivity index (χ1) is 7.83. The van der Waals surface area contributed by atoms with Gasteiger partial charge in [0.2, 0.25) is 0 Å². The summed E-state index contributed by atoms with van der Waals surface area (Å²) in [5.41, 5.74) is 0. The highest BCUT2D eigenvalue weighted by atomic mass is 127.